The Labute approximate surface area is 62.5 Å². The molecule has 2 N–H and O–H groups in total. The summed E-state index contributed by atoms with van der Waals surface area (Å²) in [6.45, 7) is 0. The van der Waals surface area contributed by atoms with Gasteiger partial charge >= 0.3 is 0 Å². The molecule has 0 unspecified atom stereocenters. The maximum absolute atomic E-state index is 3.82. The number of nitrogens with one attached hydrogen (secondary N) is 2. The van der Waals surface area contributed by atoms with Crippen LogP contribution in [0.4, 0.5) is 0 Å². The van der Waals surface area contributed by atoms with Gasteiger partial charge in [-0.2, -0.15) is 5.21 Å². The van der Waals surface area contributed by atoms with E-state index in [-0.39, 0.29) is 0 Å². The van der Waals surface area contributed by atoms with Gasteiger partial charge in [0.25, 0.3) is 0 Å². The topological polar surface area (TPSA) is 68.6 Å². The maximum atomic E-state index is 3.82. The molecule has 5 heteroatoms. The average Bonchev–Trinajstić information content (AvgIpc) is 2.58. The number of hydrogen-bond acceptors (Lipinski definition) is 3. The molecule has 0 bridgehead atoms. The van der Waals surface area contributed by atoms with Crippen molar-refractivity contribution in [2.45, 2.75) is 0 Å². The number of aromatic nitrogens is 5. The molecule has 0 aliphatic heterocycles. The molecule has 2 aromatic heterocycles. The molecule has 2 heterocycles. The van der Waals surface area contributed by atoms with Crippen molar-refractivity contribution in [2.24, 2.45) is 0 Å². The highest BCUT2D eigenvalue weighted by Crippen LogP contribution is 2.07. The lowest BCUT2D eigenvalue weighted by Gasteiger charge is -1.84. The van der Waals surface area contributed by atoms with E-state index in [1.54, 1.807) is 0 Å². The molecule has 0 spiro atoms. The predicted octanol–water partition coefficient (Wildman–Crippen LogP) is -0.319. The summed E-state index contributed by atoms with van der Waals surface area (Å²) in [6.07, 6.45) is 3.63. The summed E-state index contributed by atoms with van der Waals surface area (Å²) < 4.78 is 0. The number of hydrogen-bond donors (Lipinski definition) is 1. The first kappa shape index (κ1) is 5.96. The second-order valence-corrected chi connectivity index (χ2v) is 2.03. The number of aromatic amines is 2. The zero-order chi connectivity index (χ0) is 7.52. The summed E-state index contributed by atoms with van der Waals surface area (Å²) >= 11 is 0. The smallest absolute Gasteiger partial charge is 0.210 e. The third-order valence-corrected chi connectivity index (χ3v) is 1.31. The van der Waals surface area contributed by atoms with Crippen LogP contribution >= 0.6 is 0 Å². The van der Waals surface area contributed by atoms with Gasteiger partial charge < -0.3 is 0 Å². The highest BCUT2D eigenvalue weighted by atomic mass is 15.5. The van der Waals surface area contributed by atoms with Gasteiger partial charge in [-0.15, -0.1) is 10.2 Å². The second kappa shape index (κ2) is 2.45. The van der Waals surface area contributed by atoms with Crippen LogP contribution in [0.5, 0.6) is 0 Å². The van der Waals surface area contributed by atoms with Gasteiger partial charge in [0, 0.05) is 6.07 Å². The van der Waals surface area contributed by atoms with Gasteiger partial charge in [0.2, 0.25) is 5.82 Å². The molecular formula is C6H6N5+. The van der Waals surface area contributed by atoms with E-state index in [0.29, 0.717) is 5.82 Å². The minimum absolute atomic E-state index is 0.599. The minimum atomic E-state index is 0.599. The highest BCUT2D eigenvalue weighted by molar-refractivity contribution is 5.49. The lowest BCUT2D eigenvalue weighted by molar-refractivity contribution is -0.377. The SMILES string of the molecule is c1c[nH+]cc(-c2nn[nH]n2)c1. The molecule has 2 aromatic rings. The van der Waals surface area contributed by atoms with Gasteiger partial charge in [-0.05, 0) is 11.3 Å². The maximum Gasteiger partial charge on any atom is 0.210 e. The molecular weight excluding hydrogens is 142 g/mol. The largest absolute Gasteiger partial charge is 0.217 e. The number of pyridine rings is 1. The molecule has 2 rings (SSSR count). The van der Waals surface area contributed by atoms with Crippen LogP contribution in [0.15, 0.2) is 24.5 Å². The quantitative estimate of drug-likeness (QED) is 0.602. The summed E-state index contributed by atoms with van der Waals surface area (Å²) in [5.74, 6) is 0.599. The standard InChI is InChI=1S/C6H5N5/c1-2-5(4-7-3-1)6-8-10-11-9-6/h1-4H,(H,8,9,10,11)/p+1. The lowest BCUT2D eigenvalue weighted by Crippen LogP contribution is -1.98. The van der Waals surface area contributed by atoms with E-state index in [2.05, 4.69) is 25.6 Å². The Morgan fingerprint density at radius 1 is 1.45 bits per heavy atom. The van der Waals surface area contributed by atoms with Crippen LogP contribution in [0.3, 0.4) is 0 Å². The van der Waals surface area contributed by atoms with E-state index in [9.17, 15) is 0 Å². The Morgan fingerprint density at radius 3 is 3.09 bits per heavy atom. The molecule has 11 heavy (non-hydrogen) atoms. The molecule has 0 aromatic carbocycles. The van der Waals surface area contributed by atoms with Gasteiger partial charge in [-0.25, -0.2) is 4.98 Å². The third-order valence-electron chi connectivity index (χ3n) is 1.31. The van der Waals surface area contributed by atoms with Crippen LogP contribution in [0.1, 0.15) is 0 Å². The van der Waals surface area contributed by atoms with Crippen molar-refractivity contribution in [3.8, 4) is 11.4 Å². The molecule has 0 saturated carbocycles. The Morgan fingerprint density at radius 2 is 2.45 bits per heavy atom. The number of nitrogens with zero attached hydrogens (tertiary/aromatic N) is 3. The molecule has 0 amide bonds. The van der Waals surface area contributed by atoms with Crippen molar-refractivity contribution in [2.75, 3.05) is 0 Å². The van der Waals surface area contributed by atoms with E-state index >= 15 is 0 Å². The highest BCUT2D eigenvalue weighted by Gasteiger charge is 2.02. The van der Waals surface area contributed by atoms with Crippen LogP contribution in [0, 0.1) is 0 Å². The first-order valence-corrected chi connectivity index (χ1v) is 3.17. The van der Waals surface area contributed by atoms with Gasteiger partial charge in [0.1, 0.15) is 0 Å². The fraction of sp³-hybridized carbons (Fsp3) is 0. The monoisotopic (exact) mass is 148 g/mol. The van der Waals surface area contributed by atoms with Crippen molar-refractivity contribution >= 4 is 0 Å². The molecule has 5 nitrogen and oxygen atoms in total. The van der Waals surface area contributed by atoms with Crippen molar-refractivity contribution in [1.82, 2.24) is 20.6 Å². The van der Waals surface area contributed by atoms with Crippen molar-refractivity contribution in [3.63, 3.8) is 0 Å². The normalized spacial score (nSPS) is 9.82. The fourth-order valence-electron chi connectivity index (χ4n) is 0.817. The Hall–Kier alpha value is -1.78. The first-order valence-electron chi connectivity index (χ1n) is 3.17. The molecule has 0 saturated heterocycles. The van der Waals surface area contributed by atoms with Crippen LogP contribution in [-0.4, -0.2) is 20.6 Å². The predicted molar refractivity (Wildman–Crippen MR) is 36.2 cm³/mol. The lowest BCUT2D eigenvalue weighted by atomic mass is 10.3. The van der Waals surface area contributed by atoms with E-state index in [0.717, 1.165) is 5.56 Å². The van der Waals surface area contributed by atoms with Gasteiger partial charge in [0.05, 0.1) is 5.56 Å². The molecule has 0 radical (unpaired) electrons. The summed E-state index contributed by atoms with van der Waals surface area (Å²) in [5, 5.41) is 13.5. The zero-order valence-corrected chi connectivity index (χ0v) is 5.65. The van der Waals surface area contributed by atoms with Crippen LogP contribution in [0.25, 0.3) is 11.4 Å². The molecule has 0 atom stereocenters. The van der Waals surface area contributed by atoms with Crippen molar-refractivity contribution in [3.05, 3.63) is 24.5 Å². The van der Waals surface area contributed by atoms with Gasteiger partial charge in [0.15, 0.2) is 12.4 Å². The van der Waals surface area contributed by atoms with Crippen molar-refractivity contribution in [1.29, 1.82) is 0 Å². The number of H-pyrrole nitrogens is 2. The Balaban J connectivity index is 2.46. The summed E-state index contributed by atoms with van der Waals surface area (Å²) in [7, 11) is 0. The van der Waals surface area contributed by atoms with E-state index < -0.39 is 0 Å². The molecule has 54 valence electrons. The summed E-state index contributed by atoms with van der Waals surface area (Å²) in [6, 6.07) is 3.78. The zero-order valence-electron chi connectivity index (χ0n) is 5.65. The second-order valence-electron chi connectivity index (χ2n) is 2.03. The van der Waals surface area contributed by atoms with Gasteiger partial charge in [-0.1, -0.05) is 0 Å². The van der Waals surface area contributed by atoms with Crippen LogP contribution in [0.2, 0.25) is 0 Å². The van der Waals surface area contributed by atoms with E-state index in [1.165, 1.54) is 0 Å². The van der Waals surface area contributed by atoms with E-state index in [1.807, 2.05) is 24.5 Å². The first-order chi connectivity index (χ1) is 5.47. The van der Waals surface area contributed by atoms with Crippen LogP contribution < -0.4 is 4.98 Å². The summed E-state index contributed by atoms with van der Waals surface area (Å²) in [4.78, 5) is 2.93. The summed E-state index contributed by atoms with van der Waals surface area (Å²) in [5.41, 5.74) is 0.918. The van der Waals surface area contributed by atoms with Crippen molar-refractivity contribution < 1.29 is 4.98 Å². The molecule has 0 aliphatic rings. The average molecular weight is 148 g/mol. The number of tetrazole rings is 1. The fourth-order valence-corrected chi connectivity index (χ4v) is 0.817. The van der Waals surface area contributed by atoms with Crippen LogP contribution in [-0.2, 0) is 0 Å². The Kier molecular flexibility index (Phi) is 1.33. The molecule has 0 aliphatic carbocycles. The number of rotatable bonds is 1. The third kappa shape index (κ3) is 1.07. The van der Waals surface area contributed by atoms with E-state index in [4.69, 9.17) is 0 Å². The van der Waals surface area contributed by atoms with Gasteiger partial charge in [-0.3, -0.25) is 0 Å². The Bertz CT molecular complexity index is 314. The minimum Gasteiger partial charge on any atom is -0.217 e. The molecule has 0 fully saturated rings.